The number of hydrogen-bond acceptors (Lipinski definition) is 5. The quantitative estimate of drug-likeness (QED) is 0.826. The molecule has 0 aliphatic carbocycles. The number of anilines is 1. The highest BCUT2D eigenvalue weighted by molar-refractivity contribution is 9.11. The van der Waals surface area contributed by atoms with Crippen molar-refractivity contribution in [3.8, 4) is 0 Å². The first-order valence-electron chi connectivity index (χ1n) is 4.96. The highest BCUT2D eigenvalue weighted by Gasteiger charge is 2.23. The molecule has 0 saturated heterocycles. The number of carboxylic acids is 1. The summed E-state index contributed by atoms with van der Waals surface area (Å²) in [5, 5.41) is 9.19. The first-order chi connectivity index (χ1) is 9.29. The fourth-order valence-electron chi connectivity index (χ4n) is 1.29. The maximum Gasteiger partial charge on any atom is 0.345 e. The molecule has 106 valence electrons. The van der Waals surface area contributed by atoms with Crippen LogP contribution in [0.2, 0.25) is 5.02 Å². The van der Waals surface area contributed by atoms with Gasteiger partial charge in [0.15, 0.2) is 0 Å². The minimum Gasteiger partial charge on any atom is -0.477 e. The zero-order valence-electron chi connectivity index (χ0n) is 9.50. The maximum absolute atomic E-state index is 12.2. The number of carbonyl (C=O) groups is 1. The molecule has 20 heavy (non-hydrogen) atoms. The molecule has 6 nitrogen and oxygen atoms in total. The second-order valence-corrected chi connectivity index (χ2v) is 7.98. The molecule has 0 atom stereocenters. The van der Waals surface area contributed by atoms with Gasteiger partial charge in [-0.05, 0) is 28.1 Å². The van der Waals surface area contributed by atoms with Crippen molar-refractivity contribution in [1.29, 1.82) is 0 Å². The third-order valence-electron chi connectivity index (χ3n) is 2.12. The van der Waals surface area contributed by atoms with Gasteiger partial charge in [0.2, 0.25) is 0 Å². The lowest BCUT2D eigenvalue weighted by atomic mass is 10.5. The van der Waals surface area contributed by atoms with Crippen LogP contribution >= 0.6 is 38.9 Å². The minimum atomic E-state index is -3.94. The lowest BCUT2D eigenvalue weighted by molar-refractivity contribution is 0.0702. The van der Waals surface area contributed by atoms with Crippen molar-refractivity contribution < 1.29 is 18.3 Å². The van der Waals surface area contributed by atoms with Gasteiger partial charge in [0.1, 0.15) is 15.6 Å². The number of nitrogens with zero attached hydrogens (tertiary/aromatic N) is 1. The molecule has 0 aromatic carbocycles. The predicted molar refractivity (Wildman–Crippen MR) is 79.0 cm³/mol. The molecule has 0 amide bonds. The van der Waals surface area contributed by atoms with Gasteiger partial charge in [-0.3, -0.25) is 4.72 Å². The third-order valence-corrected chi connectivity index (χ3v) is 5.95. The summed E-state index contributed by atoms with van der Waals surface area (Å²) in [5.74, 6) is -1.15. The van der Waals surface area contributed by atoms with Gasteiger partial charge in [-0.15, -0.1) is 11.3 Å². The summed E-state index contributed by atoms with van der Waals surface area (Å²) in [4.78, 5) is 14.4. The molecule has 0 unspecified atom stereocenters. The second-order valence-electron chi connectivity index (χ2n) is 3.52. The molecule has 10 heteroatoms. The highest BCUT2D eigenvalue weighted by atomic mass is 79.9. The van der Waals surface area contributed by atoms with E-state index in [-0.39, 0.29) is 19.4 Å². The van der Waals surface area contributed by atoms with Gasteiger partial charge in [-0.25, -0.2) is 18.2 Å². The van der Waals surface area contributed by atoms with E-state index in [2.05, 4.69) is 25.6 Å². The number of rotatable bonds is 4. The van der Waals surface area contributed by atoms with Gasteiger partial charge in [0, 0.05) is 17.3 Å². The van der Waals surface area contributed by atoms with Gasteiger partial charge in [-0.1, -0.05) is 11.6 Å². The van der Waals surface area contributed by atoms with Gasteiger partial charge in [0.05, 0.1) is 3.79 Å². The molecule has 0 aliphatic rings. The highest BCUT2D eigenvalue weighted by Crippen LogP contribution is 2.32. The molecule has 2 heterocycles. The molecule has 0 saturated carbocycles. The van der Waals surface area contributed by atoms with Crippen molar-refractivity contribution in [3.63, 3.8) is 0 Å². The largest absolute Gasteiger partial charge is 0.477 e. The number of sulfonamides is 1. The lowest BCUT2D eigenvalue weighted by Crippen LogP contribution is -2.13. The Bertz CT molecular complexity index is 775. The summed E-state index contributed by atoms with van der Waals surface area (Å²) in [6.45, 7) is 0. The normalized spacial score (nSPS) is 11.3. The number of aromatic carboxylic acids is 1. The van der Waals surface area contributed by atoms with Crippen LogP contribution in [0.15, 0.2) is 33.1 Å². The molecule has 0 spiro atoms. The zero-order chi connectivity index (χ0) is 14.9. The van der Waals surface area contributed by atoms with Gasteiger partial charge in [-0.2, -0.15) is 0 Å². The second kappa shape index (κ2) is 5.68. The molecule has 0 radical (unpaired) electrons. The summed E-state index contributed by atoms with van der Waals surface area (Å²) in [7, 11) is -3.94. The van der Waals surface area contributed by atoms with Crippen LogP contribution < -0.4 is 4.72 Å². The summed E-state index contributed by atoms with van der Waals surface area (Å²) < 4.78 is 26.7. The van der Waals surface area contributed by atoms with E-state index in [0.29, 0.717) is 5.02 Å². The van der Waals surface area contributed by atoms with Crippen LogP contribution in [0.4, 0.5) is 5.82 Å². The van der Waals surface area contributed by atoms with Crippen molar-refractivity contribution in [1.82, 2.24) is 4.98 Å². The van der Waals surface area contributed by atoms with Crippen molar-refractivity contribution in [2.24, 2.45) is 0 Å². The van der Waals surface area contributed by atoms with Crippen molar-refractivity contribution >= 4 is 60.7 Å². The molecule has 0 aliphatic heterocycles. The van der Waals surface area contributed by atoms with Gasteiger partial charge >= 0.3 is 5.97 Å². The van der Waals surface area contributed by atoms with Crippen LogP contribution in [-0.2, 0) is 10.0 Å². The number of halogens is 2. The zero-order valence-corrected chi connectivity index (χ0v) is 13.5. The van der Waals surface area contributed by atoms with E-state index >= 15 is 0 Å². The molecule has 2 rings (SSSR count). The third kappa shape index (κ3) is 3.29. The van der Waals surface area contributed by atoms with E-state index in [1.165, 1.54) is 18.3 Å². The predicted octanol–water partition coefficient (Wildman–Crippen LogP) is 3.06. The Morgan fingerprint density at radius 1 is 1.45 bits per heavy atom. The van der Waals surface area contributed by atoms with Gasteiger partial charge in [0.25, 0.3) is 10.0 Å². The van der Waals surface area contributed by atoms with Crippen LogP contribution in [-0.4, -0.2) is 24.5 Å². The average Bonchev–Trinajstić information content (AvgIpc) is 2.71. The van der Waals surface area contributed by atoms with Crippen molar-refractivity contribution in [3.05, 3.63) is 38.1 Å². The van der Waals surface area contributed by atoms with E-state index in [1.807, 2.05) is 0 Å². The Kier molecular flexibility index (Phi) is 4.33. The molecular formula is C10H6BrClN2O4S2. The molecular weight excluding hydrogens is 392 g/mol. The van der Waals surface area contributed by atoms with Crippen LogP contribution in [0, 0.1) is 0 Å². The lowest BCUT2D eigenvalue weighted by Gasteiger charge is -2.06. The van der Waals surface area contributed by atoms with Crippen molar-refractivity contribution in [2.75, 3.05) is 4.72 Å². The van der Waals surface area contributed by atoms with E-state index in [0.717, 1.165) is 17.4 Å². The van der Waals surface area contributed by atoms with Gasteiger partial charge < -0.3 is 5.11 Å². The Morgan fingerprint density at radius 3 is 2.70 bits per heavy atom. The number of hydrogen-bond donors (Lipinski definition) is 2. The fourth-order valence-corrected chi connectivity index (χ4v) is 4.86. The maximum atomic E-state index is 12.2. The molecule has 0 bridgehead atoms. The molecule has 2 aromatic rings. The number of nitrogens with one attached hydrogen (secondary N) is 1. The fraction of sp³-hybridized carbons (Fsp3) is 0. The Balaban J connectivity index is 2.38. The van der Waals surface area contributed by atoms with E-state index in [1.54, 1.807) is 0 Å². The molecule has 2 aromatic heterocycles. The molecule has 0 fully saturated rings. The van der Waals surface area contributed by atoms with E-state index in [4.69, 9.17) is 16.7 Å². The van der Waals surface area contributed by atoms with E-state index in [9.17, 15) is 13.2 Å². The minimum absolute atomic E-state index is 0.0486. The van der Waals surface area contributed by atoms with Crippen LogP contribution in [0.3, 0.4) is 0 Å². The van der Waals surface area contributed by atoms with Crippen LogP contribution in [0.25, 0.3) is 0 Å². The first kappa shape index (κ1) is 15.2. The Hall–Kier alpha value is -1.16. The number of thiophene rings is 1. The Morgan fingerprint density at radius 2 is 2.15 bits per heavy atom. The average molecular weight is 398 g/mol. The topological polar surface area (TPSA) is 96.4 Å². The smallest absolute Gasteiger partial charge is 0.345 e. The van der Waals surface area contributed by atoms with Crippen molar-refractivity contribution in [2.45, 2.75) is 4.90 Å². The monoisotopic (exact) mass is 396 g/mol. The van der Waals surface area contributed by atoms with Crippen LogP contribution in [0.1, 0.15) is 9.67 Å². The van der Waals surface area contributed by atoms with Crippen LogP contribution in [0.5, 0.6) is 0 Å². The molecule has 2 N–H and O–H groups in total. The summed E-state index contributed by atoms with van der Waals surface area (Å²) in [6.07, 6.45) is 1.35. The number of pyridine rings is 1. The summed E-state index contributed by atoms with van der Waals surface area (Å²) in [5.41, 5.74) is 0. The summed E-state index contributed by atoms with van der Waals surface area (Å²) >= 11 is 9.59. The first-order valence-corrected chi connectivity index (χ1v) is 8.43. The number of aromatic nitrogens is 1. The number of carboxylic acid groups (broad SMARTS) is 1. The summed E-state index contributed by atoms with van der Waals surface area (Å²) in [6, 6.07) is 3.92. The SMILES string of the molecule is O=C(O)c1cc(S(=O)(=O)Nc2cc(Cl)ccn2)c(Br)s1. The van der Waals surface area contributed by atoms with E-state index < -0.39 is 16.0 Å². The Labute approximate surface area is 131 Å². The standard InChI is InChI=1S/C10H6BrClN2O4S2/c11-9-7(4-6(19-9)10(15)16)20(17,18)14-8-3-5(12)1-2-13-8/h1-4H,(H,13,14)(H,15,16).